The maximum Gasteiger partial charge on any atom is -0.0355 e. The van der Waals surface area contributed by atoms with Crippen LogP contribution in [0.25, 0.3) is 0 Å². The summed E-state index contributed by atoms with van der Waals surface area (Å²) in [5, 5.41) is 0. The minimum atomic E-state index is 1.10. The van der Waals surface area contributed by atoms with E-state index in [4.69, 9.17) is 0 Å². The number of fused-ring (bicyclic) bond motifs is 1. The maximum atomic E-state index is 2.39. The lowest BCUT2D eigenvalue weighted by atomic mass is 9.93. The number of hydrogen-bond donors (Lipinski definition) is 0. The van der Waals surface area contributed by atoms with Crippen LogP contribution < -0.4 is 0 Å². The molecule has 0 N–H and O–H groups in total. The van der Waals surface area contributed by atoms with Crippen LogP contribution in [0.3, 0.4) is 0 Å². The van der Waals surface area contributed by atoms with Gasteiger partial charge in [-0.25, -0.2) is 0 Å². The molecule has 0 heteroatoms. The van der Waals surface area contributed by atoms with Gasteiger partial charge in [0.25, 0.3) is 0 Å². The molecular weight excluding hydrogens is 144 g/mol. The van der Waals surface area contributed by atoms with E-state index in [1.165, 1.54) is 38.5 Å². The van der Waals surface area contributed by atoms with Crippen LogP contribution >= 0.6 is 0 Å². The van der Waals surface area contributed by atoms with Crippen molar-refractivity contribution in [3.05, 3.63) is 0 Å². The molecule has 2 aliphatic carbocycles. The van der Waals surface area contributed by atoms with Gasteiger partial charge in [-0.3, -0.25) is 0 Å². The average Bonchev–Trinajstić information content (AvgIpc) is 2.82. The van der Waals surface area contributed by atoms with Crippen molar-refractivity contribution in [2.45, 2.75) is 58.3 Å². The van der Waals surface area contributed by atoms with Crippen LogP contribution in [0.4, 0.5) is 0 Å². The van der Waals surface area contributed by atoms with E-state index in [0.717, 1.165) is 17.8 Å². The Bertz CT molecular complexity index is 139. The molecule has 0 aromatic heterocycles. The first-order valence-electron chi connectivity index (χ1n) is 5.92. The van der Waals surface area contributed by atoms with Crippen LogP contribution in [-0.2, 0) is 0 Å². The quantitative estimate of drug-likeness (QED) is 0.552. The van der Waals surface area contributed by atoms with Crippen molar-refractivity contribution in [2.24, 2.45) is 17.8 Å². The van der Waals surface area contributed by atoms with Crippen molar-refractivity contribution < 1.29 is 0 Å². The van der Waals surface area contributed by atoms with Crippen molar-refractivity contribution in [1.29, 1.82) is 0 Å². The van der Waals surface area contributed by atoms with Gasteiger partial charge in [-0.1, -0.05) is 51.9 Å². The second-order valence-corrected chi connectivity index (χ2v) is 4.82. The number of hydrogen-bond acceptors (Lipinski definition) is 0. The molecule has 0 aliphatic heterocycles. The normalized spacial score (nSPS) is 42.2. The van der Waals surface area contributed by atoms with Crippen molar-refractivity contribution in [3.63, 3.8) is 0 Å². The fraction of sp³-hybridized carbons (Fsp3) is 1.00. The lowest BCUT2D eigenvalue weighted by Crippen LogP contribution is -2.02. The predicted molar refractivity (Wildman–Crippen MR) is 53.1 cm³/mol. The predicted octanol–water partition coefficient (Wildman–Crippen LogP) is 4.00. The van der Waals surface area contributed by atoms with E-state index in [9.17, 15) is 0 Å². The molecular formula is C12H22. The second kappa shape index (κ2) is 3.81. The van der Waals surface area contributed by atoms with Gasteiger partial charge in [0.2, 0.25) is 0 Å². The molecule has 0 radical (unpaired) electrons. The third kappa shape index (κ3) is 1.84. The van der Waals surface area contributed by atoms with Gasteiger partial charge in [0.15, 0.2) is 0 Å². The molecule has 0 saturated heterocycles. The Morgan fingerprint density at radius 2 is 1.75 bits per heavy atom. The zero-order chi connectivity index (χ0) is 8.39. The van der Waals surface area contributed by atoms with Crippen molar-refractivity contribution in [3.8, 4) is 0 Å². The van der Waals surface area contributed by atoms with Crippen LogP contribution in [-0.4, -0.2) is 0 Å². The largest absolute Gasteiger partial charge is 0.0651 e. The summed E-state index contributed by atoms with van der Waals surface area (Å²) in [5.74, 6) is 3.43. The highest BCUT2D eigenvalue weighted by Crippen LogP contribution is 2.50. The second-order valence-electron chi connectivity index (χ2n) is 4.82. The summed E-state index contributed by atoms with van der Waals surface area (Å²) in [6.45, 7) is 2.39. The molecule has 0 amide bonds. The van der Waals surface area contributed by atoms with E-state index in [1.807, 2.05) is 0 Å². The Balaban J connectivity index is 1.87. The fourth-order valence-corrected chi connectivity index (χ4v) is 3.07. The zero-order valence-electron chi connectivity index (χ0n) is 8.39. The summed E-state index contributed by atoms with van der Waals surface area (Å²) in [7, 11) is 0. The summed E-state index contributed by atoms with van der Waals surface area (Å²) < 4.78 is 0. The lowest BCUT2D eigenvalue weighted by Gasteiger charge is -2.12. The summed E-state index contributed by atoms with van der Waals surface area (Å²) >= 11 is 0. The van der Waals surface area contributed by atoms with Crippen LogP contribution in [0.1, 0.15) is 58.3 Å². The molecule has 3 atom stereocenters. The molecule has 2 aliphatic rings. The molecule has 0 aromatic rings. The smallest absolute Gasteiger partial charge is 0.0355 e. The van der Waals surface area contributed by atoms with Gasteiger partial charge < -0.3 is 0 Å². The highest BCUT2D eigenvalue weighted by molar-refractivity contribution is 4.91. The van der Waals surface area contributed by atoms with E-state index in [0.29, 0.717) is 0 Å². The lowest BCUT2D eigenvalue weighted by molar-refractivity contribution is 0.385. The topological polar surface area (TPSA) is 0 Å². The summed E-state index contributed by atoms with van der Waals surface area (Å²) in [6, 6.07) is 0. The highest BCUT2D eigenvalue weighted by Gasteiger charge is 2.41. The Labute approximate surface area is 76.7 Å². The van der Waals surface area contributed by atoms with E-state index >= 15 is 0 Å². The average molecular weight is 166 g/mol. The number of rotatable bonds is 1. The molecule has 70 valence electrons. The van der Waals surface area contributed by atoms with Gasteiger partial charge in [0.05, 0.1) is 0 Å². The van der Waals surface area contributed by atoms with E-state index in [1.54, 1.807) is 12.8 Å². The molecule has 0 nitrogen and oxygen atoms in total. The maximum absolute atomic E-state index is 2.39. The third-order valence-electron chi connectivity index (χ3n) is 4.01. The van der Waals surface area contributed by atoms with Crippen molar-refractivity contribution in [1.82, 2.24) is 0 Å². The van der Waals surface area contributed by atoms with Crippen LogP contribution in [0, 0.1) is 17.8 Å². The molecule has 0 spiro atoms. The van der Waals surface area contributed by atoms with Crippen LogP contribution in [0.15, 0.2) is 0 Å². The molecule has 2 fully saturated rings. The minimum Gasteiger partial charge on any atom is -0.0651 e. The molecule has 0 heterocycles. The zero-order valence-corrected chi connectivity index (χ0v) is 8.39. The molecule has 0 bridgehead atoms. The standard InChI is InChI=1S/C12H22/c1-2-10-7-5-3-4-6-8-11-9-12(10)11/h10-12H,2-9H2,1H3. The summed E-state index contributed by atoms with van der Waals surface area (Å²) in [4.78, 5) is 0. The van der Waals surface area contributed by atoms with Gasteiger partial charge in [-0.05, 0) is 24.2 Å². The first-order valence-corrected chi connectivity index (χ1v) is 5.92. The van der Waals surface area contributed by atoms with Gasteiger partial charge in [-0.2, -0.15) is 0 Å². The monoisotopic (exact) mass is 166 g/mol. The minimum absolute atomic E-state index is 1.10. The van der Waals surface area contributed by atoms with Gasteiger partial charge in [-0.15, -0.1) is 0 Å². The first-order chi connectivity index (χ1) is 5.92. The Morgan fingerprint density at radius 1 is 1.00 bits per heavy atom. The van der Waals surface area contributed by atoms with Crippen molar-refractivity contribution >= 4 is 0 Å². The highest BCUT2D eigenvalue weighted by atomic mass is 14.5. The molecule has 2 rings (SSSR count). The summed E-state index contributed by atoms with van der Waals surface area (Å²) in [6.07, 6.45) is 12.2. The molecule has 3 unspecified atom stereocenters. The third-order valence-corrected chi connectivity index (χ3v) is 4.01. The fourth-order valence-electron chi connectivity index (χ4n) is 3.07. The van der Waals surface area contributed by atoms with Gasteiger partial charge in [0, 0.05) is 0 Å². The van der Waals surface area contributed by atoms with Crippen LogP contribution in [0.2, 0.25) is 0 Å². The SMILES string of the molecule is CCC1CCCCCCC2CC12. The van der Waals surface area contributed by atoms with Gasteiger partial charge in [0.1, 0.15) is 0 Å². The molecule has 12 heavy (non-hydrogen) atoms. The van der Waals surface area contributed by atoms with Crippen LogP contribution in [0.5, 0.6) is 0 Å². The Hall–Kier alpha value is 0. The van der Waals surface area contributed by atoms with Gasteiger partial charge >= 0.3 is 0 Å². The first kappa shape index (κ1) is 8.59. The Kier molecular flexibility index (Phi) is 2.73. The Morgan fingerprint density at radius 3 is 2.50 bits per heavy atom. The van der Waals surface area contributed by atoms with E-state index in [-0.39, 0.29) is 0 Å². The molecule has 0 aromatic carbocycles. The van der Waals surface area contributed by atoms with Crippen molar-refractivity contribution in [2.75, 3.05) is 0 Å². The van der Waals surface area contributed by atoms with E-state index < -0.39 is 0 Å². The van der Waals surface area contributed by atoms with E-state index in [2.05, 4.69) is 6.92 Å². The summed E-state index contributed by atoms with van der Waals surface area (Å²) in [5.41, 5.74) is 0. The molecule has 2 saturated carbocycles.